The number of amides is 4. The van der Waals surface area contributed by atoms with E-state index < -0.39 is 48.1 Å². The monoisotopic (exact) mass is 433 g/mol. The Hall–Kier alpha value is -3.00. The van der Waals surface area contributed by atoms with Crippen LogP contribution in [0.4, 0.5) is 13.6 Å². The van der Waals surface area contributed by atoms with Crippen molar-refractivity contribution in [2.75, 3.05) is 6.54 Å². The Balaban J connectivity index is 1.56. The van der Waals surface area contributed by atoms with Gasteiger partial charge in [0.05, 0.1) is 6.54 Å². The van der Waals surface area contributed by atoms with Crippen molar-refractivity contribution in [3.8, 4) is 11.1 Å². The van der Waals surface area contributed by atoms with Gasteiger partial charge in [-0.05, 0) is 29.3 Å². The average molecular weight is 434 g/mol. The molecule has 2 aromatic rings. The largest absolute Gasteiger partial charge is 0.349 e. The van der Waals surface area contributed by atoms with Gasteiger partial charge in [-0.1, -0.05) is 41.9 Å². The molecule has 6 nitrogen and oxygen atoms in total. The number of rotatable bonds is 5. The van der Waals surface area contributed by atoms with Gasteiger partial charge in [0.2, 0.25) is 5.92 Å². The van der Waals surface area contributed by atoms with E-state index in [9.17, 15) is 23.2 Å². The Labute approximate surface area is 176 Å². The molecule has 4 rings (SSSR count). The van der Waals surface area contributed by atoms with Crippen molar-refractivity contribution in [3.63, 3.8) is 0 Å². The predicted octanol–water partition coefficient (Wildman–Crippen LogP) is 3.36. The molecule has 1 saturated heterocycles. The Morgan fingerprint density at radius 2 is 1.77 bits per heavy atom. The van der Waals surface area contributed by atoms with Crippen LogP contribution in [-0.2, 0) is 4.79 Å². The summed E-state index contributed by atoms with van der Waals surface area (Å²) in [6, 6.07) is 13.1. The van der Waals surface area contributed by atoms with Gasteiger partial charge >= 0.3 is 6.03 Å². The second-order valence-electron chi connectivity index (χ2n) is 7.58. The average Bonchev–Trinajstić information content (AvgIpc) is 2.99. The van der Waals surface area contributed by atoms with Gasteiger partial charge in [-0.25, -0.2) is 13.6 Å². The van der Waals surface area contributed by atoms with Crippen LogP contribution in [0.15, 0.2) is 48.5 Å². The Morgan fingerprint density at radius 3 is 2.37 bits per heavy atom. The number of alkyl halides is 2. The van der Waals surface area contributed by atoms with Crippen LogP contribution in [-0.4, -0.2) is 35.9 Å². The SMILES string of the molecule is O=C1NC(=O)C(CNC(=O)c2ccccc2-c2ccc(Cl)cc2)(C2CC(F)(F)C2)N1. The molecule has 0 radical (unpaired) electrons. The van der Waals surface area contributed by atoms with Crippen molar-refractivity contribution < 1.29 is 23.2 Å². The summed E-state index contributed by atoms with van der Waals surface area (Å²) >= 11 is 5.93. The molecule has 2 aromatic carbocycles. The third kappa shape index (κ3) is 3.63. The van der Waals surface area contributed by atoms with E-state index in [1.165, 1.54) is 0 Å². The van der Waals surface area contributed by atoms with E-state index >= 15 is 0 Å². The Morgan fingerprint density at radius 1 is 1.10 bits per heavy atom. The lowest BCUT2D eigenvalue weighted by atomic mass is 9.68. The fourth-order valence-corrected chi connectivity index (χ4v) is 4.07. The number of carbonyl (C=O) groups excluding carboxylic acids is 3. The highest BCUT2D eigenvalue weighted by Gasteiger charge is 2.61. The van der Waals surface area contributed by atoms with Gasteiger partial charge in [-0.15, -0.1) is 0 Å². The number of carbonyl (C=O) groups is 3. The quantitative estimate of drug-likeness (QED) is 0.632. The molecule has 0 bridgehead atoms. The summed E-state index contributed by atoms with van der Waals surface area (Å²) in [6.45, 7) is -0.293. The third-order valence-corrected chi connectivity index (χ3v) is 5.86. The summed E-state index contributed by atoms with van der Waals surface area (Å²) in [6.07, 6.45) is -1.06. The summed E-state index contributed by atoms with van der Waals surface area (Å²) in [5.41, 5.74) is 0.170. The minimum absolute atomic E-state index is 0.293. The minimum Gasteiger partial charge on any atom is -0.349 e. The first-order valence-electron chi connectivity index (χ1n) is 9.35. The number of halogens is 3. The standard InChI is InChI=1S/C21H18ClF2N3O3/c22-14-7-5-12(6-8-14)15-3-1-2-4-16(15)17(28)25-11-21(13-9-20(23,24)10-13)18(29)26-19(30)27-21/h1-8,13H,9-11H2,(H,25,28)(H2,26,27,29,30). The van der Waals surface area contributed by atoms with Gasteiger partial charge in [0.15, 0.2) is 0 Å². The number of hydrogen-bond donors (Lipinski definition) is 3. The molecule has 2 fully saturated rings. The number of benzene rings is 2. The van der Waals surface area contributed by atoms with Crippen LogP contribution < -0.4 is 16.0 Å². The Kier molecular flexibility index (Phi) is 4.97. The fraction of sp³-hybridized carbons (Fsp3) is 0.286. The predicted molar refractivity (Wildman–Crippen MR) is 106 cm³/mol. The Bertz CT molecular complexity index is 1020. The number of nitrogens with one attached hydrogen (secondary N) is 3. The van der Waals surface area contributed by atoms with Crippen LogP contribution in [0.3, 0.4) is 0 Å². The highest BCUT2D eigenvalue weighted by molar-refractivity contribution is 6.30. The molecule has 30 heavy (non-hydrogen) atoms. The first-order valence-corrected chi connectivity index (χ1v) is 9.73. The molecule has 2 aliphatic rings. The van der Waals surface area contributed by atoms with Crippen LogP contribution in [0.1, 0.15) is 23.2 Å². The molecular weight excluding hydrogens is 416 g/mol. The highest BCUT2D eigenvalue weighted by atomic mass is 35.5. The topological polar surface area (TPSA) is 87.3 Å². The number of urea groups is 1. The molecule has 1 aliphatic carbocycles. The zero-order valence-corrected chi connectivity index (χ0v) is 16.4. The second-order valence-corrected chi connectivity index (χ2v) is 8.01. The van der Waals surface area contributed by atoms with Gasteiger partial charge in [0.1, 0.15) is 5.54 Å². The number of imide groups is 1. The van der Waals surface area contributed by atoms with Crippen molar-refractivity contribution >= 4 is 29.4 Å². The summed E-state index contributed by atoms with van der Waals surface area (Å²) in [7, 11) is 0. The maximum absolute atomic E-state index is 13.4. The smallest absolute Gasteiger partial charge is 0.322 e. The van der Waals surface area contributed by atoms with Crippen LogP contribution in [0.5, 0.6) is 0 Å². The summed E-state index contributed by atoms with van der Waals surface area (Å²) in [5.74, 6) is -4.85. The van der Waals surface area contributed by atoms with Crippen molar-refractivity contribution in [2.45, 2.75) is 24.3 Å². The lowest BCUT2D eigenvalue weighted by Gasteiger charge is -2.44. The van der Waals surface area contributed by atoms with E-state index in [1.807, 2.05) is 0 Å². The van der Waals surface area contributed by atoms with Gasteiger partial charge in [-0.3, -0.25) is 14.9 Å². The maximum atomic E-state index is 13.4. The maximum Gasteiger partial charge on any atom is 0.322 e. The van der Waals surface area contributed by atoms with Crippen molar-refractivity contribution in [1.29, 1.82) is 0 Å². The van der Waals surface area contributed by atoms with Crippen molar-refractivity contribution in [2.24, 2.45) is 5.92 Å². The van der Waals surface area contributed by atoms with Crippen molar-refractivity contribution in [3.05, 3.63) is 59.1 Å². The fourth-order valence-electron chi connectivity index (χ4n) is 3.95. The molecule has 0 aromatic heterocycles. The number of hydrogen-bond acceptors (Lipinski definition) is 3. The van der Waals surface area contributed by atoms with E-state index in [4.69, 9.17) is 11.6 Å². The molecule has 1 heterocycles. The van der Waals surface area contributed by atoms with Crippen molar-refractivity contribution in [1.82, 2.24) is 16.0 Å². The normalized spacial score (nSPS) is 22.8. The van der Waals surface area contributed by atoms with Crippen LogP contribution in [0.2, 0.25) is 5.02 Å². The van der Waals surface area contributed by atoms with Gasteiger partial charge < -0.3 is 10.6 Å². The first-order chi connectivity index (χ1) is 14.2. The minimum atomic E-state index is -2.88. The molecular formula is C21H18ClF2N3O3. The van der Waals surface area contributed by atoms with E-state index in [1.54, 1.807) is 48.5 Å². The van der Waals surface area contributed by atoms with Gasteiger partial charge in [0, 0.05) is 29.3 Å². The lowest BCUT2D eigenvalue weighted by Crippen LogP contribution is -2.64. The molecule has 1 unspecified atom stereocenters. The van der Waals surface area contributed by atoms with E-state index in [0.717, 1.165) is 5.56 Å². The first kappa shape index (κ1) is 20.3. The van der Waals surface area contributed by atoms with Gasteiger partial charge in [-0.2, -0.15) is 0 Å². The van der Waals surface area contributed by atoms with E-state index in [0.29, 0.717) is 16.1 Å². The molecule has 1 saturated carbocycles. The van der Waals surface area contributed by atoms with Crippen LogP contribution in [0.25, 0.3) is 11.1 Å². The second kappa shape index (κ2) is 7.36. The molecule has 4 amide bonds. The van der Waals surface area contributed by atoms with Gasteiger partial charge in [0.25, 0.3) is 11.8 Å². The third-order valence-electron chi connectivity index (χ3n) is 5.61. The lowest BCUT2D eigenvalue weighted by molar-refractivity contribution is -0.148. The highest BCUT2D eigenvalue weighted by Crippen LogP contribution is 2.48. The van der Waals surface area contributed by atoms with Crippen LogP contribution in [0, 0.1) is 5.92 Å². The molecule has 156 valence electrons. The summed E-state index contributed by atoms with van der Waals surface area (Å²) in [5, 5.41) is 7.75. The van der Waals surface area contributed by atoms with E-state index in [2.05, 4.69) is 16.0 Å². The van der Waals surface area contributed by atoms with E-state index in [-0.39, 0.29) is 6.54 Å². The zero-order chi connectivity index (χ0) is 21.5. The molecule has 1 atom stereocenters. The summed E-state index contributed by atoms with van der Waals surface area (Å²) < 4.78 is 26.9. The molecule has 9 heteroatoms. The molecule has 1 aliphatic heterocycles. The zero-order valence-electron chi connectivity index (χ0n) is 15.7. The molecule has 0 spiro atoms. The molecule has 3 N–H and O–H groups in total. The summed E-state index contributed by atoms with van der Waals surface area (Å²) in [4.78, 5) is 37.0. The van der Waals surface area contributed by atoms with Crippen LogP contribution >= 0.6 is 11.6 Å².